The maximum absolute atomic E-state index is 11.9. The fraction of sp³-hybridized carbons (Fsp3) is 0.400. The monoisotopic (exact) mass is 360 g/mol. The van der Waals surface area contributed by atoms with Crippen LogP contribution >= 0.6 is 0 Å². The van der Waals surface area contributed by atoms with Crippen LogP contribution in [0, 0.1) is 0 Å². The van der Waals surface area contributed by atoms with Crippen molar-refractivity contribution in [1.82, 2.24) is 9.80 Å². The minimum atomic E-state index is -0.588. The average Bonchev–Trinajstić information content (AvgIpc) is 2.58. The normalized spacial score (nSPS) is 13.5. The van der Waals surface area contributed by atoms with Crippen molar-refractivity contribution in [3.05, 3.63) is 48.8 Å². The summed E-state index contributed by atoms with van der Waals surface area (Å²) in [5.74, 6) is 0.878. The van der Waals surface area contributed by atoms with Crippen LogP contribution in [0.3, 0.4) is 0 Å². The third kappa shape index (κ3) is 7.88. The molecule has 1 rings (SSSR count). The lowest BCUT2D eigenvalue weighted by Crippen LogP contribution is -2.23. The van der Waals surface area contributed by atoms with Gasteiger partial charge in [0.05, 0.1) is 0 Å². The third-order valence-electron chi connectivity index (χ3n) is 3.32. The SMILES string of the molecule is C[C@@H](Oc1ccc(O[C@H](C)C(=O)/C=C/N(C)C)cc1)C(=O)/C=C/N(C)C. The molecule has 6 nitrogen and oxygen atoms in total. The van der Waals surface area contributed by atoms with E-state index in [0.29, 0.717) is 11.5 Å². The molecular weight excluding hydrogens is 332 g/mol. The van der Waals surface area contributed by atoms with Gasteiger partial charge in [0.1, 0.15) is 11.5 Å². The van der Waals surface area contributed by atoms with Crippen LogP contribution < -0.4 is 9.47 Å². The highest BCUT2D eigenvalue weighted by Crippen LogP contribution is 2.20. The number of nitrogens with zero attached hydrogens (tertiary/aromatic N) is 2. The summed E-state index contributed by atoms with van der Waals surface area (Å²) < 4.78 is 11.2. The summed E-state index contributed by atoms with van der Waals surface area (Å²) >= 11 is 0. The second-order valence-corrected chi connectivity index (χ2v) is 6.36. The zero-order chi connectivity index (χ0) is 19.7. The van der Waals surface area contributed by atoms with Gasteiger partial charge in [-0.25, -0.2) is 0 Å². The van der Waals surface area contributed by atoms with Gasteiger partial charge < -0.3 is 19.3 Å². The molecule has 2 atom stereocenters. The standard InChI is InChI=1S/C20H28N2O4/c1-15(19(23)11-13-21(3)4)25-17-7-9-18(10-8-17)26-16(2)20(24)12-14-22(5)6/h7-16H,1-6H3/b13-11+,14-12+/t15-,16-/m1/s1. The molecule has 0 amide bonds. The van der Waals surface area contributed by atoms with E-state index in [0.717, 1.165) is 0 Å². The van der Waals surface area contributed by atoms with Gasteiger partial charge in [0.25, 0.3) is 0 Å². The first kappa shape index (κ1) is 21.3. The quantitative estimate of drug-likeness (QED) is 0.598. The summed E-state index contributed by atoms with van der Waals surface area (Å²) in [4.78, 5) is 27.4. The molecule has 0 spiro atoms. The highest BCUT2D eigenvalue weighted by Gasteiger charge is 2.14. The Balaban J connectivity index is 2.60. The van der Waals surface area contributed by atoms with Crippen molar-refractivity contribution >= 4 is 11.6 Å². The lowest BCUT2D eigenvalue weighted by molar-refractivity contribution is -0.121. The Morgan fingerprint density at radius 2 is 1.08 bits per heavy atom. The molecule has 0 saturated heterocycles. The predicted octanol–water partition coefficient (Wildman–Crippen LogP) is 2.51. The van der Waals surface area contributed by atoms with Gasteiger partial charge in [-0.2, -0.15) is 0 Å². The Bertz CT molecular complexity index is 591. The molecule has 0 N–H and O–H groups in total. The van der Waals surface area contributed by atoms with Crippen LogP contribution in [0.4, 0.5) is 0 Å². The van der Waals surface area contributed by atoms with Crippen LogP contribution in [0.2, 0.25) is 0 Å². The van der Waals surface area contributed by atoms with Crippen LogP contribution in [0.1, 0.15) is 13.8 Å². The van der Waals surface area contributed by atoms with Gasteiger partial charge in [0.2, 0.25) is 0 Å². The maximum Gasteiger partial charge on any atom is 0.197 e. The van der Waals surface area contributed by atoms with E-state index in [9.17, 15) is 9.59 Å². The van der Waals surface area contributed by atoms with Crippen LogP contribution in [0.25, 0.3) is 0 Å². The van der Waals surface area contributed by atoms with E-state index in [2.05, 4.69) is 0 Å². The first-order valence-electron chi connectivity index (χ1n) is 8.39. The molecule has 0 heterocycles. The molecule has 0 fully saturated rings. The van der Waals surface area contributed by atoms with E-state index in [1.54, 1.807) is 60.3 Å². The molecular formula is C20H28N2O4. The summed E-state index contributed by atoms with van der Waals surface area (Å²) in [7, 11) is 7.37. The minimum Gasteiger partial charge on any atom is -0.483 e. The summed E-state index contributed by atoms with van der Waals surface area (Å²) in [5.41, 5.74) is 0. The van der Waals surface area contributed by atoms with E-state index in [4.69, 9.17) is 9.47 Å². The predicted molar refractivity (Wildman–Crippen MR) is 102 cm³/mol. The van der Waals surface area contributed by atoms with Gasteiger partial charge in [-0.05, 0) is 38.1 Å². The number of benzene rings is 1. The zero-order valence-electron chi connectivity index (χ0n) is 16.3. The number of ketones is 2. The average molecular weight is 360 g/mol. The van der Waals surface area contributed by atoms with Crippen molar-refractivity contribution < 1.29 is 19.1 Å². The Morgan fingerprint density at radius 3 is 1.35 bits per heavy atom. The second kappa shape index (κ2) is 10.3. The fourth-order valence-electron chi connectivity index (χ4n) is 1.84. The molecule has 1 aromatic carbocycles. The minimum absolute atomic E-state index is 0.120. The first-order valence-corrected chi connectivity index (χ1v) is 8.39. The van der Waals surface area contributed by atoms with E-state index < -0.39 is 12.2 Å². The summed E-state index contributed by atoms with van der Waals surface area (Å²) in [5, 5.41) is 0. The number of rotatable bonds is 10. The molecule has 1 aromatic rings. The number of carbonyl (C=O) groups is 2. The summed E-state index contributed by atoms with van der Waals surface area (Å²) in [6.07, 6.45) is 5.15. The van der Waals surface area contributed by atoms with Gasteiger partial charge in [0.15, 0.2) is 23.8 Å². The highest BCUT2D eigenvalue weighted by molar-refractivity contribution is 5.93. The smallest absolute Gasteiger partial charge is 0.197 e. The lowest BCUT2D eigenvalue weighted by atomic mass is 10.2. The van der Waals surface area contributed by atoms with Crippen LogP contribution in [-0.2, 0) is 9.59 Å². The molecule has 142 valence electrons. The van der Waals surface area contributed by atoms with E-state index in [-0.39, 0.29) is 11.6 Å². The number of hydrogen-bond acceptors (Lipinski definition) is 6. The molecule has 0 radical (unpaired) electrons. The van der Waals surface area contributed by atoms with Crippen molar-refractivity contribution in [2.45, 2.75) is 26.1 Å². The van der Waals surface area contributed by atoms with Gasteiger partial charge in [-0.3, -0.25) is 9.59 Å². The Labute approximate surface area is 155 Å². The van der Waals surface area contributed by atoms with E-state index in [1.807, 2.05) is 28.2 Å². The van der Waals surface area contributed by atoms with Crippen molar-refractivity contribution in [1.29, 1.82) is 0 Å². The molecule has 26 heavy (non-hydrogen) atoms. The molecule has 0 bridgehead atoms. The summed E-state index contributed by atoms with van der Waals surface area (Å²) in [6.45, 7) is 3.40. The topological polar surface area (TPSA) is 59.1 Å². The molecule has 0 saturated carbocycles. The van der Waals surface area contributed by atoms with Crippen molar-refractivity contribution in [2.24, 2.45) is 0 Å². The molecule has 0 aliphatic rings. The van der Waals surface area contributed by atoms with E-state index in [1.165, 1.54) is 12.2 Å². The molecule has 0 aliphatic heterocycles. The number of carbonyl (C=O) groups excluding carboxylic acids is 2. The molecule has 0 unspecified atom stereocenters. The van der Waals surface area contributed by atoms with Crippen molar-refractivity contribution in [3.8, 4) is 11.5 Å². The van der Waals surface area contributed by atoms with Crippen LogP contribution in [0.5, 0.6) is 11.5 Å². The first-order chi connectivity index (χ1) is 12.2. The van der Waals surface area contributed by atoms with Gasteiger partial charge >= 0.3 is 0 Å². The van der Waals surface area contributed by atoms with Gasteiger partial charge in [-0.15, -0.1) is 0 Å². The van der Waals surface area contributed by atoms with Crippen molar-refractivity contribution in [3.63, 3.8) is 0 Å². The lowest BCUT2D eigenvalue weighted by Gasteiger charge is -2.15. The highest BCUT2D eigenvalue weighted by atomic mass is 16.5. The molecule has 6 heteroatoms. The van der Waals surface area contributed by atoms with E-state index >= 15 is 0 Å². The Kier molecular flexibility index (Phi) is 8.42. The van der Waals surface area contributed by atoms with Crippen LogP contribution in [-0.4, -0.2) is 61.8 Å². The Hall–Kier alpha value is -2.76. The maximum atomic E-state index is 11.9. The third-order valence-corrected chi connectivity index (χ3v) is 3.32. The number of hydrogen-bond donors (Lipinski definition) is 0. The Morgan fingerprint density at radius 1 is 0.769 bits per heavy atom. The largest absolute Gasteiger partial charge is 0.483 e. The summed E-state index contributed by atoms with van der Waals surface area (Å²) in [6, 6.07) is 6.84. The van der Waals surface area contributed by atoms with Gasteiger partial charge in [0, 0.05) is 52.7 Å². The van der Waals surface area contributed by atoms with Gasteiger partial charge in [-0.1, -0.05) is 0 Å². The molecule has 0 aromatic heterocycles. The van der Waals surface area contributed by atoms with Crippen LogP contribution in [0.15, 0.2) is 48.8 Å². The number of ether oxygens (including phenoxy) is 2. The van der Waals surface area contributed by atoms with Crippen molar-refractivity contribution in [2.75, 3.05) is 28.2 Å². The fourth-order valence-corrected chi connectivity index (χ4v) is 1.84. The zero-order valence-corrected chi connectivity index (χ0v) is 16.3. The molecule has 0 aliphatic carbocycles. The second-order valence-electron chi connectivity index (χ2n) is 6.36.